The number of fused-ring (bicyclic) bond motifs is 1. The van der Waals surface area contributed by atoms with Crippen molar-refractivity contribution in [3.05, 3.63) is 57.0 Å². The van der Waals surface area contributed by atoms with Crippen LogP contribution in [0.1, 0.15) is 47.7 Å². The standard InChI is InChI=1S/C19H22N6O4/c1-10-15-13(23-24-18(20)21)8-19(2,3)9-14(15)29-16(10)17(26)22-11-5-4-6-12(7-11)25(27)28/h4-7H,8-9H2,1-3H3,(H,22,26)(H4,20,21,24)/b23-13-. The summed E-state index contributed by atoms with van der Waals surface area (Å²) in [5, 5.41) is 21.5. The van der Waals surface area contributed by atoms with Crippen LogP contribution in [0.15, 0.2) is 38.9 Å². The molecule has 10 heteroatoms. The van der Waals surface area contributed by atoms with Crippen molar-refractivity contribution in [2.45, 2.75) is 33.6 Å². The zero-order chi connectivity index (χ0) is 21.3. The number of anilines is 1. The number of carbonyl (C=O) groups excluding carboxylic acids is 1. The Labute approximate surface area is 166 Å². The monoisotopic (exact) mass is 398 g/mol. The highest BCUT2D eigenvalue weighted by Crippen LogP contribution is 2.39. The summed E-state index contributed by atoms with van der Waals surface area (Å²) in [4.78, 5) is 23.2. The number of nitro benzene ring substituents is 1. The molecule has 29 heavy (non-hydrogen) atoms. The lowest BCUT2D eigenvalue weighted by molar-refractivity contribution is -0.384. The summed E-state index contributed by atoms with van der Waals surface area (Å²) in [6.45, 7) is 5.87. The van der Waals surface area contributed by atoms with E-state index in [0.29, 0.717) is 35.6 Å². The van der Waals surface area contributed by atoms with Crippen molar-refractivity contribution in [1.29, 1.82) is 0 Å². The van der Waals surface area contributed by atoms with Gasteiger partial charge < -0.3 is 21.2 Å². The number of benzene rings is 1. The normalized spacial score (nSPS) is 16.2. The third-order valence-electron chi connectivity index (χ3n) is 4.60. The van der Waals surface area contributed by atoms with Crippen LogP contribution in [0.5, 0.6) is 0 Å². The summed E-state index contributed by atoms with van der Waals surface area (Å²) in [6.07, 6.45) is 1.23. The average Bonchev–Trinajstić information content (AvgIpc) is 2.95. The topological polar surface area (TPSA) is 162 Å². The van der Waals surface area contributed by atoms with E-state index in [4.69, 9.17) is 15.9 Å². The Balaban J connectivity index is 1.97. The highest BCUT2D eigenvalue weighted by molar-refractivity contribution is 6.09. The van der Waals surface area contributed by atoms with Crippen molar-refractivity contribution < 1.29 is 14.1 Å². The molecule has 1 aromatic heterocycles. The summed E-state index contributed by atoms with van der Waals surface area (Å²) in [5.74, 6) is 0.0905. The minimum absolute atomic E-state index is 0.119. The van der Waals surface area contributed by atoms with Gasteiger partial charge in [0.2, 0.25) is 5.96 Å². The fourth-order valence-corrected chi connectivity index (χ4v) is 3.42. The summed E-state index contributed by atoms with van der Waals surface area (Å²) < 4.78 is 5.88. The number of furan rings is 1. The molecule has 0 aliphatic heterocycles. The van der Waals surface area contributed by atoms with Crippen molar-refractivity contribution in [3.63, 3.8) is 0 Å². The van der Waals surface area contributed by atoms with Crippen LogP contribution < -0.4 is 16.8 Å². The first-order valence-corrected chi connectivity index (χ1v) is 8.91. The van der Waals surface area contributed by atoms with Gasteiger partial charge in [0, 0.05) is 35.4 Å². The molecule has 1 aromatic carbocycles. The smallest absolute Gasteiger partial charge is 0.291 e. The molecule has 0 radical (unpaired) electrons. The van der Waals surface area contributed by atoms with E-state index in [1.807, 2.05) is 0 Å². The van der Waals surface area contributed by atoms with E-state index in [2.05, 4.69) is 29.4 Å². The van der Waals surface area contributed by atoms with Gasteiger partial charge in [-0.1, -0.05) is 19.9 Å². The number of nitrogens with two attached hydrogens (primary N) is 2. The maximum atomic E-state index is 12.8. The number of nitrogens with one attached hydrogen (secondary N) is 1. The largest absolute Gasteiger partial charge is 0.455 e. The number of hydrogen-bond donors (Lipinski definition) is 3. The van der Waals surface area contributed by atoms with Crippen LogP contribution in [0, 0.1) is 22.5 Å². The maximum absolute atomic E-state index is 12.8. The zero-order valence-electron chi connectivity index (χ0n) is 16.4. The Morgan fingerprint density at radius 1 is 1.31 bits per heavy atom. The van der Waals surface area contributed by atoms with Gasteiger partial charge in [0.25, 0.3) is 11.6 Å². The predicted molar refractivity (Wildman–Crippen MR) is 109 cm³/mol. The van der Waals surface area contributed by atoms with Gasteiger partial charge in [-0.15, -0.1) is 5.10 Å². The Bertz CT molecular complexity index is 1050. The molecular formula is C19H22N6O4. The van der Waals surface area contributed by atoms with Crippen LogP contribution in [0.25, 0.3) is 0 Å². The molecule has 0 saturated heterocycles. The molecule has 2 aromatic rings. The lowest BCUT2D eigenvalue weighted by Gasteiger charge is -2.29. The SMILES string of the molecule is Cc1c(C(=O)Nc2cccc([N+](=O)[O-])c2)oc2c1/C(=N\N=C(N)N)CC(C)(C)C2. The van der Waals surface area contributed by atoms with Crippen LogP contribution >= 0.6 is 0 Å². The van der Waals surface area contributed by atoms with Crippen LogP contribution in [-0.4, -0.2) is 22.5 Å². The second-order valence-corrected chi connectivity index (χ2v) is 7.71. The Hall–Kier alpha value is -3.69. The third-order valence-corrected chi connectivity index (χ3v) is 4.60. The number of carbonyl (C=O) groups is 1. The number of hydrogen-bond acceptors (Lipinski definition) is 6. The van der Waals surface area contributed by atoms with E-state index in [1.165, 1.54) is 18.2 Å². The van der Waals surface area contributed by atoms with Gasteiger partial charge in [-0.25, -0.2) is 0 Å². The van der Waals surface area contributed by atoms with E-state index in [-0.39, 0.29) is 22.8 Å². The molecule has 0 unspecified atom stereocenters. The molecule has 1 heterocycles. The van der Waals surface area contributed by atoms with Crippen LogP contribution in [0.4, 0.5) is 11.4 Å². The van der Waals surface area contributed by atoms with Crippen molar-refractivity contribution >= 4 is 29.0 Å². The molecule has 3 rings (SSSR count). The van der Waals surface area contributed by atoms with Gasteiger partial charge in [0.1, 0.15) is 5.76 Å². The number of nitrogens with zero attached hydrogens (tertiary/aromatic N) is 3. The van der Waals surface area contributed by atoms with Crippen molar-refractivity contribution in [3.8, 4) is 0 Å². The summed E-state index contributed by atoms with van der Waals surface area (Å²) in [7, 11) is 0. The van der Waals surface area contributed by atoms with Gasteiger partial charge in [-0.05, 0) is 24.8 Å². The molecule has 0 fully saturated rings. The molecule has 10 nitrogen and oxygen atoms in total. The number of rotatable bonds is 4. The lowest BCUT2D eigenvalue weighted by atomic mass is 9.75. The molecule has 0 bridgehead atoms. The fraction of sp³-hybridized carbons (Fsp3) is 0.316. The Morgan fingerprint density at radius 3 is 2.69 bits per heavy atom. The molecule has 152 valence electrons. The Kier molecular flexibility index (Phi) is 5.10. The minimum atomic E-state index is -0.527. The highest BCUT2D eigenvalue weighted by atomic mass is 16.6. The summed E-state index contributed by atoms with van der Waals surface area (Å²) in [6, 6.07) is 5.69. The molecule has 0 atom stereocenters. The van der Waals surface area contributed by atoms with E-state index >= 15 is 0 Å². The lowest BCUT2D eigenvalue weighted by Crippen LogP contribution is -2.27. The number of non-ortho nitro benzene ring substituents is 1. The van der Waals surface area contributed by atoms with E-state index in [9.17, 15) is 14.9 Å². The molecule has 0 spiro atoms. The highest BCUT2D eigenvalue weighted by Gasteiger charge is 2.36. The number of nitro groups is 1. The second-order valence-electron chi connectivity index (χ2n) is 7.71. The van der Waals surface area contributed by atoms with Crippen LogP contribution in [-0.2, 0) is 6.42 Å². The van der Waals surface area contributed by atoms with Gasteiger partial charge in [-0.3, -0.25) is 14.9 Å². The summed E-state index contributed by atoms with van der Waals surface area (Å²) in [5.41, 5.74) is 12.8. The molecule has 1 amide bonds. The molecule has 1 aliphatic carbocycles. The van der Waals surface area contributed by atoms with Crippen molar-refractivity contribution in [2.75, 3.05) is 5.32 Å². The van der Waals surface area contributed by atoms with E-state index in [1.54, 1.807) is 13.0 Å². The van der Waals surface area contributed by atoms with Gasteiger partial charge in [0.15, 0.2) is 5.76 Å². The summed E-state index contributed by atoms with van der Waals surface area (Å²) >= 11 is 0. The Morgan fingerprint density at radius 2 is 2.03 bits per heavy atom. The predicted octanol–water partition coefficient (Wildman–Crippen LogP) is 2.70. The third kappa shape index (κ3) is 4.26. The van der Waals surface area contributed by atoms with Crippen molar-refractivity contribution in [1.82, 2.24) is 0 Å². The van der Waals surface area contributed by atoms with E-state index < -0.39 is 10.8 Å². The molecule has 0 saturated carbocycles. The first-order valence-electron chi connectivity index (χ1n) is 8.91. The van der Waals surface area contributed by atoms with Crippen LogP contribution in [0.3, 0.4) is 0 Å². The van der Waals surface area contributed by atoms with Gasteiger partial charge in [0.05, 0.1) is 10.6 Å². The number of amides is 1. The first-order chi connectivity index (χ1) is 13.6. The zero-order valence-corrected chi connectivity index (χ0v) is 16.4. The van der Waals surface area contributed by atoms with Crippen molar-refractivity contribution in [2.24, 2.45) is 27.1 Å². The average molecular weight is 398 g/mol. The minimum Gasteiger partial charge on any atom is -0.455 e. The first kappa shape index (κ1) is 20.1. The quantitative estimate of drug-likeness (QED) is 0.310. The second kappa shape index (κ2) is 7.38. The van der Waals surface area contributed by atoms with Crippen LogP contribution in [0.2, 0.25) is 0 Å². The van der Waals surface area contributed by atoms with Gasteiger partial charge in [-0.2, -0.15) is 5.10 Å². The van der Waals surface area contributed by atoms with Gasteiger partial charge >= 0.3 is 0 Å². The van der Waals surface area contributed by atoms with E-state index in [0.717, 1.165) is 5.56 Å². The molecule has 5 N–H and O–H groups in total. The number of guanidine groups is 1. The fourth-order valence-electron chi connectivity index (χ4n) is 3.42. The molecular weight excluding hydrogens is 376 g/mol. The molecule has 1 aliphatic rings. The maximum Gasteiger partial charge on any atom is 0.291 e.